The highest BCUT2D eigenvalue weighted by Gasteiger charge is 2.48. The Balaban J connectivity index is 1.59. The second-order valence-corrected chi connectivity index (χ2v) is 9.26. The predicted molar refractivity (Wildman–Crippen MR) is 125 cm³/mol. The Morgan fingerprint density at radius 3 is 2.48 bits per heavy atom. The van der Waals surface area contributed by atoms with Crippen LogP contribution in [-0.2, 0) is 15.9 Å². The summed E-state index contributed by atoms with van der Waals surface area (Å²) < 4.78 is 13.8. The fourth-order valence-corrected chi connectivity index (χ4v) is 4.69. The highest BCUT2D eigenvalue weighted by molar-refractivity contribution is 6.02. The molecule has 6 nitrogen and oxygen atoms in total. The van der Waals surface area contributed by atoms with E-state index in [-0.39, 0.29) is 17.4 Å². The largest absolute Gasteiger partial charge is 0.346 e. The van der Waals surface area contributed by atoms with E-state index in [1.54, 1.807) is 13.2 Å². The van der Waals surface area contributed by atoms with E-state index in [1.165, 1.54) is 17.2 Å². The Hall–Kier alpha value is -3.58. The molecular weight excluding hydrogens is 417 g/mol. The summed E-state index contributed by atoms with van der Waals surface area (Å²) in [6.45, 7) is 1.93. The van der Waals surface area contributed by atoms with Gasteiger partial charge in [-0.3, -0.25) is 20.1 Å². The van der Waals surface area contributed by atoms with E-state index in [1.807, 2.05) is 55.5 Å². The third-order valence-corrected chi connectivity index (χ3v) is 6.98. The van der Waals surface area contributed by atoms with Crippen molar-refractivity contribution in [3.8, 4) is 11.1 Å². The number of carbonyl (C=O) groups excluding carboxylic acids is 1. The highest BCUT2D eigenvalue weighted by Crippen LogP contribution is 2.45. The van der Waals surface area contributed by atoms with Gasteiger partial charge >= 0.3 is 0 Å². The van der Waals surface area contributed by atoms with Gasteiger partial charge in [0, 0.05) is 24.3 Å². The fraction of sp³-hybridized carbons (Fsp3) is 0.269. The third-order valence-electron chi connectivity index (χ3n) is 6.98. The van der Waals surface area contributed by atoms with Crippen LogP contribution in [0.5, 0.6) is 0 Å². The minimum atomic E-state index is -0.890. The molecule has 7 heteroatoms. The molecule has 5 rings (SSSR count). The maximum atomic E-state index is 13.8. The molecule has 0 spiro atoms. The first-order valence-corrected chi connectivity index (χ1v) is 11.0. The predicted octanol–water partition coefficient (Wildman–Crippen LogP) is 3.83. The first-order chi connectivity index (χ1) is 15.7. The number of guanidine groups is 1. The Kier molecular flexibility index (Phi) is 4.83. The number of amides is 1. The molecule has 1 saturated heterocycles. The standard InChI is InChI=1S/C26H26FN5O/c1-25(20-5-3-4-17(12-20)18-13-21(27)15-30-14-18)22(23(33)32(2)24(28)31-25)16-6-8-19(9-7-16)26(29)10-11-26/h3-9,12-15,22H,10-11,29H2,1-2H3,(H2,28,31)/t22?,25-/m1/s1. The number of nitrogens with one attached hydrogen (secondary N) is 2. The number of aromatic nitrogens is 1. The Morgan fingerprint density at radius 1 is 1.09 bits per heavy atom. The van der Waals surface area contributed by atoms with Gasteiger partial charge in [0.2, 0.25) is 5.91 Å². The van der Waals surface area contributed by atoms with Crippen molar-refractivity contribution in [3.63, 3.8) is 0 Å². The van der Waals surface area contributed by atoms with Gasteiger partial charge in [-0.2, -0.15) is 0 Å². The number of benzene rings is 2. The molecule has 0 radical (unpaired) electrons. The van der Waals surface area contributed by atoms with Gasteiger partial charge in [0.25, 0.3) is 0 Å². The lowest BCUT2D eigenvalue weighted by molar-refractivity contribution is -0.131. The molecule has 4 N–H and O–H groups in total. The van der Waals surface area contributed by atoms with E-state index < -0.39 is 17.3 Å². The lowest BCUT2D eigenvalue weighted by atomic mass is 9.73. The lowest BCUT2D eigenvalue weighted by Crippen LogP contribution is -2.62. The van der Waals surface area contributed by atoms with Crippen LogP contribution in [-0.4, -0.2) is 28.8 Å². The molecule has 3 aromatic rings. The monoisotopic (exact) mass is 443 g/mol. The first-order valence-electron chi connectivity index (χ1n) is 11.0. The average molecular weight is 444 g/mol. The van der Waals surface area contributed by atoms with Gasteiger partial charge in [0.1, 0.15) is 5.82 Å². The number of hydrogen-bond acceptors (Lipinski definition) is 4. The molecule has 1 amide bonds. The third kappa shape index (κ3) is 3.58. The highest BCUT2D eigenvalue weighted by atomic mass is 19.1. The van der Waals surface area contributed by atoms with Crippen molar-refractivity contribution in [1.82, 2.24) is 15.2 Å². The fourth-order valence-electron chi connectivity index (χ4n) is 4.69. The van der Waals surface area contributed by atoms with Crippen molar-refractivity contribution in [3.05, 3.63) is 89.5 Å². The maximum Gasteiger partial charge on any atom is 0.239 e. The van der Waals surface area contributed by atoms with Crippen molar-refractivity contribution in [2.45, 2.75) is 36.8 Å². The zero-order valence-corrected chi connectivity index (χ0v) is 18.6. The second-order valence-electron chi connectivity index (χ2n) is 9.26. The van der Waals surface area contributed by atoms with E-state index in [0.29, 0.717) is 5.56 Å². The Morgan fingerprint density at radius 2 is 1.82 bits per heavy atom. The van der Waals surface area contributed by atoms with Crippen LogP contribution in [0, 0.1) is 11.2 Å². The number of carbonyl (C=O) groups is 1. The first kappa shape index (κ1) is 21.3. The van der Waals surface area contributed by atoms with Crippen molar-refractivity contribution in [2.24, 2.45) is 5.73 Å². The van der Waals surface area contributed by atoms with Gasteiger partial charge in [-0.25, -0.2) is 4.39 Å². The minimum Gasteiger partial charge on any atom is -0.346 e. The molecule has 1 aliphatic heterocycles. The topological polar surface area (TPSA) is 95.1 Å². The smallest absolute Gasteiger partial charge is 0.239 e. The van der Waals surface area contributed by atoms with Crippen LogP contribution in [0.15, 0.2) is 67.0 Å². The summed E-state index contributed by atoms with van der Waals surface area (Å²) in [4.78, 5) is 18.8. The number of nitrogens with two attached hydrogens (primary N) is 1. The number of halogens is 1. The van der Waals surface area contributed by atoms with Crippen molar-refractivity contribution in [2.75, 3.05) is 7.05 Å². The van der Waals surface area contributed by atoms with Crippen LogP contribution in [0.4, 0.5) is 4.39 Å². The maximum absolute atomic E-state index is 13.8. The lowest BCUT2D eigenvalue weighted by Gasteiger charge is -2.46. The van der Waals surface area contributed by atoms with E-state index in [9.17, 15) is 9.18 Å². The van der Waals surface area contributed by atoms with Crippen LogP contribution >= 0.6 is 0 Å². The summed E-state index contributed by atoms with van der Waals surface area (Å²) in [5, 5.41) is 11.6. The molecule has 1 saturated carbocycles. The van der Waals surface area contributed by atoms with Crippen molar-refractivity contribution in [1.29, 1.82) is 5.41 Å². The summed E-state index contributed by atoms with van der Waals surface area (Å²) in [7, 11) is 1.60. The molecule has 2 aliphatic rings. The quantitative estimate of drug-likeness (QED) is 0.571. The van der Waals surface area contributed by atoms with Crippen LogP contribution in [0.2, 0.25) is 0 Å². The van der Waals surface area contributed by atoms with E-state index in [2.05, 4.69) is 10.3 Å². The van der Waals surface area contributed by atoms with E-state index >= 15 is 0 Å². The Labute approximate surface area is 192 Å². The molecule has 2 heterocycles. The molecule has 1 aliphatic carbocycles. The second kappa shape index (κ2) is 7.49. The normalized spacial score (nSPS) is 23.9. The number of pyridine rings is 1. The van der Waals surface area contributed by atoms with Gasteiger partial charge < -0.3 is 11.1 Å². The molecule has 168 valence electrons. The molecule has 2 aromatic carbocycles. The van der Waals surface area contributed by atoms with Gasteiger partial charge in [0.05, 0.1) is 17.7 Å². The van der Waals surface area contributed by atoms with Crippen molar-refractivity contribution >= 4 is 11.9 Å². The van der Waals surface area contributed by atoms with Gasteiger partial charge in [-0.05, 0) is 54.2 Å². The number of hydrogen-bond donors (Lipinski definition) is 3. The summed E-state index contributed by atoms with van der Waals surface area (Å²) in [6.07, 6.45) is 4.71. The zero-order chi connectivity index (χ0) is 23.4. The van der Waals surface area contributed by atoms with E-state index in [0.717, 1.165) is 35.1 Å². The van der Waals surface area contributed by atoms with Crippen LogP contribution in [0.3, 0.4) is 0 Å². The number of nitrogens with zero attached hydrogens (tertiary/aromatic N) is 2. The van der Waals surface area contributed by atoms with Crippen molar-refractivity contribution < 1.29 is 9.18 Å². The molecule has 2 atom stereocenters. The summed E-state index contributed by atoms with van der Waals surface area (Å²) in [5.41, 5.74) is 9.38. The molecular formula is C26H26FN5O. The van der Waals surface area contributed by atoms with Crippen LogP contribution in [0.25, 0.3) is 11.1 Å². The van der Waals surface area contributed by atoms with E-state index in [4.69, 9.17) is 11.1 Å². The minimum absolute atomic E-state index is 0.0343. The zero-order valence-electron chi connectivity index (χ0n) is 18.6. The van der Waals surface area contributed by atoms with Crippen LogP contribution < -0.4 is 11.1 Å². The van der Waals surface area contributed by atoms with Gasteiger partial charge in [-0.15, -0.1) is 0 Å². The summed E-state index contributed by atoms with van der Waals surface area (Å²) in [5.74, 6) is -1.11. The molecule has 1 unspecified atom stereocenters. The summed E-state index contributed by atoms with van der Waals surface area (Å²) >= 11 is 0. The SMILES string of the molecule is CN1C(=N)N[C@](C)(c2cccc(-c3cncc(F)c3)c2)C(c2ccc(C3(N)CC3)cc2)C1=O. The summed E-state index contributed by atoms with van der Waals surface area (Å²) in [6, 6.07) is 17.0. The average Bonchev–Trinajstić information content (AvgIpc) is 3.56. The molecule has 1 aromatic heterocycles. The number of likely N-dealkylation sites (N-methyl/N-ethyl adjacent to an activating group) is 1. The molecule has 0 bridgehead atoms. The van der Waals surface area contributed by atoms with Crippen LogP contribution in [0.1, 0.15) is 42.4 Å². The Bertz CT molecular complexity index is 1250. The van der Waals surface area contributed by atoms with Gasteiger partial charge in [0.15, 0.2) is 5.96 Å². The van der Waals surface area contributed by atoms with Gasteiger partial charge in [-0.1, -0.05) is 42.5 Å². The molecule has 2 fully saturated rings. The molecule has 33 heavy (non-hydrogen) atoms. The number of rotatable bonds is 4.